The van der Waals surface area contributed by atoms with Crippen molar-refractivity contribution in [3.8, 4) is 0 Å². The van der Waals surface area contributed by atoms with Crippen LogP contribution in [-0.4, -0.2) is 19.2 Å². The predicted molar refractivity (Wildman–Crippen MR) is 66.3 cm³/mol. The smallest absolute Gasteiger partial charge is 0.123 e. The lowest BCUT2D eigenvalue weighted by atomic mass is 10.0. The van der Waals surface area contributed by atoms with Gasteiger partial charge in [0.05, 0.1) is 6.61 Å². The number of hydrogen-bond acceptors (Lipinski definition) is 2. The zero-order valence-electron chi connectivity index (χ0n) is 10.1. The fourth-order valence-electron chi connectivity index (χ4n) is 2.17. The van der Waals surface area contributed by atoms with Gasteiger partial charge >= 0.3 is 0 Å². The average Bonchev–Trinajstić information content (AvgIpc) is 2.38. The minimum absolute atomic E-state index is 0.194. The van der Waals surface area contributed by atoms with Crippen molar-refractivity contribution in [1.82, 2.24) is 5.32 Å². The van der Waals surface area contributed by atoms with E-state index in [1.807, 2.05) is 0 Å². The van der Waals surface area contributed by atoms with E-state index in [0.29, 0.717) is 12.6 Å². The molecule has 1 heterocycles. The lowest BCUT2D eigenvalue weighted by Crippen LogP contribution is -2.34. The Morgan fingerprint density at radius 2 is 2.06 bits per heavy atom. The summed E-state index contributed by atoms with van der Waals surface area (Å²) in [6.45, 7) is 2.49. The van der Waals surface area contributed by atoms with E-state index in [9.17, 15) is 4.39 Å². The fourth-order valence-corrected chi connectivity index (χ4v) is 2.17. The van der Waals surface area contributed by atoms with Gasteiger partial charge in [0.25, 0.3) is 0 Å². The molecule has 0 bridgehead atoms. The third-order valence-corrected chi connectivity index (χ3v) is 3.21. The number of benzene rings is 1. The van der Waals surface area contributed by atoms with Gasteiger partial charge in [0.1, 0.15) is 5.82 Å². The molecule has 0 amide bonds. The number of hydrogen-bond donors (Lipinski definition) is 1. The quantitative estimate of drug-likeness (QED) is 0.795. The van der Waals surface area contributed by atoms with Crippen molar-refractivity contribution in [3.05, 3.63) is 35.6 Å². The molecule has 1 atom stereocenters. The Morgan fingerprint density at radius 1 is 1.24 bits per heavy atom. The van der Waals surface area contributed by atoms with Crippen LogP contribution in [0.15, 0.2) is 24.3 Å². The molecule has 17 heavy (non-hydrogen) atoms. The summed E-state index contributed by atoms with van der Waals surface area (Å²) in [6, 6.07) is 7.11. The summed E-state index contributed by atoms with van der Waals surface area (Å²) in [4.78, 5) is 0. The van der Waals surface area contributed by atoms with E-state index in [4.69, 9.17) is 4.74 Å². The van der Waals surface area contributed by atoms with Crippen LogP contribution in [-0.2, 0) is 11.3 Å². The highest BCUT2D eigenvalue weighted by atomic mass is 19.1. The molecule has 0 radical (unpaired) electrons. The molecule has 1 aliphatic heterocycles. The van der Waals surface area contributed by atoms with E-state index >= 15 is 0 Å². The Labute approximate surface area is 102 Å². The second-order valence-electron chi connectivity index (χ2n) is 4.61. The van der Waals surface area contributed by atoms with E-state index in [1.165, 1.54) is 31.4 Å². The summed E-state index contributed by atoms with van der Waals surface area (Å²) >= 11 is 0. The van der Waals surface area contributed by atoms with Gasteiger partial charge in [0.2, 0.25) is 0 Å². The van der Waals surface area contributed by atoms with Gasteiger partial charge in [0.15, 0.2) is 0 Å². The van der Waals surface area contributed by atoms with Crippen LogP contribution in [0.4, 0.5) is 4.39 Å². The van der Waals surface area contributed by atoms with E-state index < -0.39 is 0 Å². The molecule has 1 aromatic carbocycles. The summed E-state index contributed by atoms with van der Waals surface area (Å²) in [5.41, 5.74) is 1.03. The van der Waals surface area contributed by atoms with Crippen LogP contribution in [0.3, 0.4) is 0 Å². The first kappa shape index (κ1) is 12.5. The van der Waals surface area contributed by atoms with Gasteiger partial charge < -0.3 is 10.1 Å². The minimum Gasteiger partial charge on any atom is -0.377 e. The first-order chi connectivity index (χ1) is 8.34. The molecule has 0 aliphatic carbocycles. The number of ether oxygens (including phenoxy) is 1. The monoisotopic (exact) mass is 237 g/mol. The number of halogens is 1. The van der Waals surface area contributed by atoms with Crippen molar-refractivity contribution in [2.24, 2.45) is 0 Å². The highest BCUT2D eigenvalue weighted by molar-refractivity contribution is 5.14. The van der Waals surface area contributed by atoms with Crippen molar-refractivity contribution < 1.29 is 9.13 Å². The Morgan fingerprint density at radius 3 is 2.76 bits per heavy atom. The van der Waals surface area contributed by atoms with E-state index in [-0.39, 0.29) is 5.82 Å². The normalized spacial score (nSPS) is 20.4. The van der Waals surface area contributed by atoms with E-state index in [2.05, 4.69) is 5.32 Å². The van der Waals surface area contributed by atoms with E-state index in [1.54, 1.807) is 12.1 Å². The largest absolute Gasteiger partial charge is 0.377 e. The van der Waals surface area contributed by atoms with Gasteiger partial charge in [-0.25, -0.2) is 4.39 Å². The molecular weight excluding hydrogens is 217 g/mol. The summed E-state index contributed by atoms with van der Waals surface area (Å²) in [5, 5.41) is 3.50. The maximum Gasteiger partial charge on any atom is 0.123 e. The standard InChI is InChI=1S/C14H20FNO/c15-13-6-4-12(5-7-13)11-17-10-8-14-3-1-2-9-16-14/h4-7,14,16H,1-3,8-11H2/t14-/m0/s1. The predicted octanol–water partition coefficient (Wildman–Crippen LogP) is 2.87. The van der Waals surface area contributed by atoms with Crippen molar-refractivity contribution in [3.63, 3.8) is 0 Å². The number of piperidine rings is 1. The van der Waals surface area contributed by atoms with Crippen LogP contribution in [0, 0.1) is 5.82 Å². The Hall–Kier alpha value is -0.930. The van der Waals surface area contributed by atoms with Crippen molar-refractivity contribution >= 4 is 0 Å². The Balaban J connectivity index is 1.60. The molecule has 1 N–H and O–H groups in total. The molecule has 3 heteroatoms. The highest BCUT2D eigenvalue weighted by Gasteiger charge is 2.11. The summed E-state index contributed by atoms with van der Waals surface area (Å²) < 4.78 is 18.3. The molecule has 0 spiro atoms. The molecular formula is C14H20FNO. The Bertz CT molecular complexity index is 319. The third-order valence-electron chi connectivity index (χ3n) is 3.21. The third kappa shape index (κ3) is 4.44. The second-order valence-corrected chi connectivity index (χ2v) is 4.61. The van der Waals surface area contributed by atoms with Crippen LogP contribution >= 0.6 is 0 Å². The maximum atomic E-state index is 12.7. The maximum absolute atomic E-state index is 12.7. The van der Waals surface area contributed by atoms with Crippen molar-refractivity contribution in [1.29, 1.82) is 0 Å². The van der Waals surface area contributed by atoms with Gasteiger partial charge in [0, 0.05) is 12.6 Å². The van der Waals surface area contributed by atoms with Crippen molar-refractivity contribution in [2.75, 3.05) is 13.2 Å². The molecule has 2 rings (SSSR count). The van der Waals surface area contributed by atoms with Gasteiger partial charge in [-0.1, -0.05) is 18.6 Å². The Kier molecular flexibility index (Phi) is 4.95. The molecule has 94 valence electrons. The second kappa shape index (κ2) is 6.72. The van der Waals surface area contributed by atoms with Crippen molar-refractivity contribution in [2.45, 2.75) is 38.3 Å². The fraction of sp³-hybridized carbons (Fsp3) is 0.571. The minimum atomic E-state index is -0.194. The lowest BCUT2D eigenvalue weighted by Gasteiger charge is -2.23. The molecule has 2 nitrogen and oxygen atoms in total. The van der Waals surface area contributed by atoms with Gasteiger partial charge in [-0.2, -0.15) is 0 Å². The zero-order valence-corrected chi connectivity index (χ0v) is 10.1. The molecule has 0 saturated carbocycles. The average molecular weight is 237 g/mol. The summed E-state index contributed by atoms with van der Waals surface area (Å²) in [6.07, 6.45) is 4.96. The lowest BCUT2D eigenvalue weighted by molar-refractivity contribution is 0.108. The topological polar surface area (TPSA) is 21.3 Å². The molecule has 1 fully saturated rings. The first-order valence-corrected chi connectivity index (χ1v) is 6.40. The van der Waals surface area contributed by atoms with Crippen LogP contribution in [0.25, 0.3) is 0 Å². The number of rotatable bonds is 5. The van der Waals surface area contributed by atoms with Gasteiger partial charge in [-0.3, -0.25) is 0 Å². The SMILES string of the molecule is Fc1ccc(COCC[C@@H]2CCCCN2)cc1. The van der Waals surface area contributed by atoms with Crippen LogP contribution in [0.5, 0.6) is 0 Å². The van der Waals surface area contributed by atoms with Crippen LogP contribution < -0.4 is 5.32 Å². The first-order valence-electron chi connectivity index (χ1n) is 6.40. The molecule has 1 aromatic rings. The summed E-state index contributed by atoms with van der Waals surface area (Å²) in [5.74, 6) is -0.194. The van der Waals surface area contributed by atoms with Crippen LogP contribution in [0.2, 0.25) is 0 Å². The summed E-state index contributed by atoms with van der Waals surface area (Å²) in [7, 11) is 0. The van der Waals surface area contributed by atoms with Gasteiger partial charge in [-0.05, 0) is 43.5 Å². The highest BCUT2D eigenvalue weighted by Crippen LogP contribution is 2.10. The van der Waals surface area contributed by atoms with Gasteiger partial charge in [-0.15, -0.1) is 0 Å². The van der Waals surface area contributed by atoms with Crippen LogP contribution in [0.1, 0.15) is 31.2 Å². The number of nitrogens with one attached hydrogen (secondary N) is 1. The molecule has 0 unspecified atom stereocenters. The molecule has 1 aliphatic rings. The van der Waals surface area contributed by atoms with E-state index in [0.717, 1.165) is 25.1 Å². The molecule has 1 saturated heterocycles. The zero-order chi connectivity index (χ0) is 11.9. The molecule has 0 aromatic heterocycles.